The number of hydrogen-bond donors (Lipinski definition) is 2. The summed E-state index contributed by atoms with van der Waals surface area (Å²) in [6.07, 6.45) is 2.36. The Morgan fingerprint density at radius 1 is 1.59 bits per heavy atom. The highest BCUT2D eigenvalue weighted by molar-refractivity contribution is 7.80. The third-order valence-electron chi connectivity index (χ3n) is 2.73. The summed E-state index contributed by atoms with van der Waals surface area (Å²) in [5.74, 6) is 0.815. The van der Waals surface area contributed by atoms with Crippen LogP contribution in [0.3, 0.4) is 0 Å². The van der Waals surface area contributed by atoms with Crippen LogP contribution in [0.25, 0.3) is 0 Å². The second kappa shape index (κ2) is 7.76. The van der Waals surface area contributed by atoms with Crippen LogP contribution in [0.15, 0.2) is 0 Å². The zero-order valence-electron chi connectivity index (χ0n) is 10.7. The summed E-state index contributed by atoms with van der Waals surface area (Å²) in [5.41, 5.74) is 0. The van der Waals surface area contributed by atoms with Crippen molar-refractivity contribution in [1.82, 2.24) is 0 Å². The maximum Gasteiger partial charge on any atom is 0.501 e. The molecule has 1 saturated heterocycles. The van der Waals surface area contributed by atoms with Crippen LogP contribution in [-0.2, 0) is 13.3 Å². The predicted molar refractivity (Wildman–Crippen MR) is 72.4 cm³/mol. The Balaban J connectivity index is 2.45. The predicted octanol–water partition coefficient (Wildman–Crippen LogP) is 1.86. The molecule has 0 amide bonds. The molecule has 0 saturated carbocycles. The van der Waals surface area contributed by atoms with Gasteiger partial charge in [0.25, 0.3) is 0 Å². The molecule has 1 aliphatic heterocycles. The lowest BCUT2D eigenvalue weighted by molar-refractivity contribution is -0.0170. The quantitative estimate of drug-likeness (QED) is 0.552. The van der Waals surface area contributed by atoms with Gasteiger partial charge in [-0.05, 0) is 38.9 Å². The summed E-state index contributed by atoms with van der Waals surface area (Å²) in [4.78, 5) is 0. The number of thiol groups is 1. The fourth-order valence-corrected chi connectivity index (χ4v) is 5.02. The smallest absolute Gasteiger partial charge is 0.393 e. The summed E-state index contributed by atoms with van der Waals surface area (Å²) < 4.78 is 17.6. The molecule has 4 nitrogen and oxygen atoms in total. The topological polar surface area (TPSA) is 47.9 Å². The molecule has 0 aromatic carbocycles. The van der Waals surface area contributed by atoms with E-state index in [2.05, 4.69) is 19.6 Å². The highest BCUT2D eigenvalue weighted by Gasteiger charge is 2.44. The van der Waals surface area contributed by atoms with Gasteiger partial charge in [-0.2, -0.15) is 12.6 Å². The Hall–Kier alpha value is 0.407. The molecule has 0 aliphatic carbocycles. The number of rotatable bonds is 7. The molecule has 0 spiro atoms. The van der Waals surface area contributed by atoms with Gasteiger partial charge in [0, 0.05) is 25.4 Å². The number of aliphatic hydroxyl groups is 1. The van der Waals surface area contributed by atoms with E-state index in [0.717, 1.165) is 24.6 Å². The maximum absolute atomic E-state index is 9.24. The molecule has 1 aliphatic rings. The van der Waals surface area contributed by atoms with Crippen molar-refractivity contribution < 1.29 is 18.4 Å². The van der Waals surface area contributed by atoms with Crippen molar-refractivity contribution in [2.24, 2.45) is 0 Å². The van der Waals surface area contributed by atoms with Crippen LogP contribution in [0.5, 0.6) is 0 Å². The van der Waals surface area contributed by atoms with Crippen molar-refractivity contribution in [3.8, 4) is 0 Å². The summed E-state index contributed by atoms with van der Waals surface area (Å²) in [6, 6.07) is 0.820. The van der Waals surface area contributed by atoms with Crippen molar-refractivity contribution in [3.05, 3.63) is 0 Å². The van der Waals surface area contributed by atoms with Gasteiger partial charge >= 0.3 is 8.80 Å². The van der Waals surface area contributed by atoms with Gasteiger partial charge in [-0.25, -0.2) is 0 Å². The first-order chi connectivity index (χ1) is 8.08. The molecule has 3 atom stereocenters. The highest BCUT2D eigenvalue weighted by Crippen LogP contribution is 2.25. The molecule has 0 aromatic heterocycles. The summed E-state index contributed by atoms with van der Waals surface area (Å²) in [6.45, 7) is 5.04. The van der Waals surface area contributed by atoms with Gasteiger partial charge in [0.1, 0.15) is 0 Å². The Kier molecular flexibility index (Phi) is 7.06. The first kappa shape index (κ1) is 15.5. The van der Waals surface area contributed by atoms with Crippen molar-refractivity contribution in [3.63, 3.8) is 0 Å². The number of hydrogen-bond acceptors (Lipinski definition) is 5. The zero-order chi connectivity index (χ0) is 12.7. The van der Waals surface area contributed by atoms with Crippen LogP contribution in [0.1, 0.15) is 33.1 Å². The van der Waals surface area contributed by atoms with E-state index >= 15 is 0 Å². The molecule has 102 valence electrons. The normalized spacial score (nSPS) is 31.4. The average Bonchev–Trinajstić information content (AvgIpc) is 2.26. The summed E-state index contributed by atoms with van der Waals surface area (Å²) in [7, 11) is -2.49. The minimum absolute atomic E-state index is 0.210. The van der Waals surface area contributed by atoms with E-state index < -0.39 is 8.80 Å². The molecule has 17 heavy (non-hydrogen) atoms. The van der Waals surface area contributed by atoms with E-state index in [0.29, 0.717) is 19.6 Å². The van der Waals surface area contributed by atoms with Gasteiger partial charge in [0.05, 0.1) is 6.10 Å². The second-order valence-electron chi connectivity index (χ2n) is 4.56. The minimum atomic E-state index is -2.49. The summed E-state index contributed by atoms with van der Waals surface area (Å²) in [5, 5.41) is 9.24. The largest absolute Gasteiger partial charge is 0.501 e. The lowest BCUT2D eigenvalue weighted by atomic mass is 10.3. The molecule has 0 bridgehead atoms. The highest BCUT2D eigenvalue weighted by atomic mass is 32.1. The van der Waals surface area contributed by atoms with Crippen molar-refractivity contribution >= 4 is 21.4 Å². The second-order valence-corrected chi connectivity index (χ2v) is 7.69. The van der Waals surface area contributed by atoms with Crippen LogP contribution in [0.2, 0.25) is 6.04 Å². The molecular weight excluding hydrogens is 256 g/mol. The Morgan fingerprint density at radius 2 is 2.35 bits per heavy atom. The van der Waals surface area contributed by atoms with Crippen molar-refractivity contribution in [1.29, 1.82) is 0 Å². The Morgan fingerprint density at radius 3 is 2.94 bits per heavy atom. The van der Waals surface area contributed by atoms with Crippen LogP contribution >= 0.6 is 12.6 Å². The summed E-state index contributed by atoms with van der Waals surface area (Å²) >= 11 is 4.22. The number of aliphatic hydroxyl groups excluding tert-OH is 1. The van der Waals surface area contributed by atoms with Crippen LogP contribution < -0.4 is 0 Å². The standard InChI is InChI=1S/C11H24O4SSi/c1-10(12)4-6-13-17(9-3-8-16)14-7-5-11(2)15-17/h10-12,16H,3-9H2,1-2H3. The van der Waals surface area contributed by atoms with Gasteiger partial charge in [0.15, 0.2) is 0 Å². The molecule has 3 unspecified atom stereocenters. The fraction of sp³-hybridized carbons (Fsp3) is 1.00. The van der Waals surface area contributed by atoms with Gasteiger partial charge in [-0.15, -0.1) is 0 Å². The SMILES string of the molecule is CC(O)CCO[Si]1(CCCS)OCCC(C)O1. The molecule has 6 heteroatoms. The minimum Gasteiger partial charge on any atom is -0.393 e. The van der Waals surface area contributed by atoms with E-state index in [1.165, 1.54) is 0 Å². The van der Waals surface area contributed by atoms with Gasteiger partial charge in [-0.1, -0.05) is 0 Å². The average molecular weight is 280 g/mol. The van der Waals surface area contributed by atoms with Gasteiger partial charge in [-0.3, -0.25) is 0 Å². The monoisotopic (exact) mass is 280 g/mol. The van der Waals surface area contributed by atoms with E-state index in [9.17, 15) is 5.11 Å². The third kappa shape index (κ3) is 5.72. The van der Waals surface area contributed by atoms with Crippen molar-refractivity contribution in [2.75, 3.05) is 19.0 Å². The molecule has 0 aromatic rings. The fourth-order valence-electron chi connectivity index (χ4n) is 1.74. The van der Waals surface area contributed by atoms with Crippen LogP contribution in [-0.4, -0.2) is 45.1 Å². The van der Waals surface area contributed by atoms with E-state index in [1.807, 2.05) is 0 Å². The van der Waals surface area contributed by atoms with Crippen LogP contribution in [0, 0.1) is 0 Å². The molecule has 0 radical (unpaired) electrons. The van der Waals surface area contributed by atoms with Crippen molar-refractivity contribution in [2.45, 2.75) is 51.4 Å². The maximum atomic E-state index is 9.24. The first-order valence-electron chi connectivity index (χ1n) is 6.32. The lowest BCUT2D eigenvalue weighted by Gasteiger charge is -2.36. The Bertz CT molecular complexity index is 218. The van der Waals surface area contributed by atoms with E-state index in [-0.39, 0.29) is 12.2 Å². The van der Waals surface area contributed by atoms with E-state index in [4.69, 9.17) is 13.3 Å². The lowest BCUT2D eigenvalue weighted by Crippen LogP contribution is -2.52. The zero-order valence-corrected chi connectivity index (χ0v) is 12.6. The third-order valence-corrected chi connectivity index (χ3v) is 6.06. The van der Waals surface area contributed by atoms with Crippen LogP contribution in [0.4, 0.5) is 0 Å². The molecule has 1 fully saturated rings. The van der Waals surface area contributed by atoms with Gasteiger partial charge < -0.3 is 18.4 Å². The Labute approximate surface area is 110 Å². The molecular formula is C11H24O4SSi. The molecule has 1 N–H and O–H groups in total. The molecule has 1 heterocycles. The van der Waals surface area contributed by atoms with E-state index in [1.54, 1.807) is 6.92 Å². The molecule has 1 rings (SSSR count). The first-order valence-corrected chi connectivity index (χ1v) is 8.89. The van der Waals surface area contributed by atoms with Gasteiger partial charge in [0.2, 0.25) is 0 Å².